The van der Waals surface area contributed by atoms with Crippen LogP contribution in [0, 0.1) is 6.92 Å². The molecule has 1 aromatic carbocycles. The average Bonchev–Trinajstić information content (AvgIpc) is 3.08. The van der Waals surface area contributed by atoms with E-state index in [0.717, 1.165) is 24.2 Å². The largest absolute Gasteiger partial charge is 0.461 e. The lowest BCUT2D eigenvalue weighted by Crippen LogP contribution is -2.43. The van der Waals surface area contributed by atoms with Gasteiger partial charge in [-0.2, -0.15) is 0 Å². The van der Waals surface area contributed by atoms with Gasteiger partial charge in [-0.25, -0.2) is 0 Å². The van der Waals surface area contributed by atoms with Crippen molar-refractivity contribution in [2.24, 2.45) is 0 Å². The maximum Gasteiger partial charge on any atom is 0.255 e. The molecule has 1 fully saturated rings. The molecule has 0 aliphatic carbocycles. The minimum Gasteiger partial charge on any atom is -0.461 e. The van der Waals surface area contributed by atoms with Crippen molar-refractivity contribution in [3.63, 3.8) is 0 Å². The van der Waals surface area contributed by atoms with E-state index >= 15 is 0 Å². The number of ether oxygens (including phenoxy) is 1. The Morgan fingerprint density at radius 2 is 2.17 bits per heavy atom. The molecule has 2 aromatic rings. The van der Waals surface area contributed by atoms with Crippen molar-refractivity contribution in [2.45, 2.75) is 39.0 Å². The van der Waals surface area contributed by atoms with Gasteiger partial charge in [-0.15, -0.1) is 0 Å². The number of amides is 1. The van der Waals surface area contributed by atoms with Gasteiger partial charge in [0.05, 0.1) is 17.7 Å². The highest BCUT2D eigenvalue weighted by atomic mass is 16.5. The normalized spacial score (nSPS) is 22.1. The van der Waals surface area contributed by atoms with Crippen molar-refractivity contribution >= 4 is 16.9 Å². The molecule has 0 unspecified atom stereocenters. The van der Waals surface area contributed by atoms with Crippen LogP contribution in [0.1, 0.15) is 30.0 Å². The molecule has 23 heavy (non-hydrogen) atoms. The first kappa shape index (κ1) is 16.0. The maximum absolute atomic E-state index is 12.7. The highest BCUT2D eigenvalue weighted by Crippen LogP contribution is 2.23. The Hall–Kier alpha value is -1.85. The quantitative estimate of drug-likeness (QED) is 0.942. The van der Waals surface area contributed by atoms with Gasteiger partial charge in [0.1, 0.15) is 11.3 Å². The van der Waals surface area contributed by atoms with Gasteiger partial charge in [-0.05, 0) is 32.9 Å². The zero-order chi connectivity index (χ0) is 16.6. The fourth-order valence-corrected chi connectivity index (χ4v) is 3.22. The molecule has 0 spiro atoms. The van der Waals surface area contributed by atoms with Crippen molar-refractivity contribution in [3.8, 4) is 0 Å². The van der Waals surface area contributed by atoms with Crippen LogP contribution in [-0.2, 0) is 4.74 Å². The number of carbonyl (C=O) groups is 1. The lowest BCUT2D eigenvalue weighted by molar-refractivity contribution is 0.0753. The van der Waals surface area contributed by atoms with E-state index < -0.39 is 0 Å². The van der Waals surface area contributed by atoms with E-state index in [1.165, 1.54) is 0 Å². The van der Waals surface area contributed by atoms with Gasteiger partial charge in [-0.3, -0.25) is 9.69 Å². The zero-order valence-electron chi connectivity index (χ0n) is 14.1. The Morgan fingerprint density at radius 3 is 2.87 bits per heavy atom. The Bertz CT molecular complexity index is 707. The minimum atomic E-state index is -0.109. The van der Waals surface area contributed by atoms with Gasteiger partial charge >= 0.3 is 0 Å². The second-order valence-electron chi connectivity index (χ2n) is 6.48. The first-order valence-corrected chi connectivity index (χ1v) is 8.06. The lowest BCUT2D eigenvalue weighted by Gasteiger charge is -2.20. The first-order chi connectivity index (χ1) is 11.0. The number of methoxy groups -OCH3 is 1. The van der Waals surface area contributed by atoms with Crippen LogP contribution in [0.25, 0.3) is 11.0 Å². The molecule has 1 aromatic heterocycles. The summed E-state index contributed by atoms with van der Waals surface area (Å²) < 4.78 is 11.2. The number of likely N-dealkylation sites (tertiary alicyclic amines) is 1. The molecule has 5 nitrogen and oxygen atoms in total. The topological polar surface area (TPSA) is 54.7 Å². The fraction of sp³-hybridized carbons (Fsp3) is 0.500. The number of nitrogens with one attached hydrogen (secondary N) is 1. The molecule has 0 radical (unpaired) electrons. The number of para-hydroxylation sites is 1. The molecule has 2 atom stereocenters. The summed E-state index contributed by atoms with van der Waals surface area (Å²) in [5, 5.41) is 4.07. The molecule has 1 aliphatic heterocycles. The summed E-state index contributed by atoms with van der Waals surface area (Å²) in [6, 6.07) is 8.01. The molecule has 5 heteroatoms. The Kier molecular flexibility index (Phi) is 4.41. The molecule has 124 valence electrons. The fourth-order valence-electron chi connectivity index (χ4n) is 3.22. The SMILES string of the molecule is CO[C@@H]1CN(C(C)C)C[C@H]1NC(=O)c1cccc2cc(C)oc12. The second-order valence-corrected chi connectivity index (χ2v) is 6.48. The molecule has 0 saturated carbocycles. The van der Waals surface area contributed by atoms with Gasteiger partial charge in [0, 0.05) is 31.6 Å². The molecule has 1 amide bonds. The third-order valence-electron chi connectivity index (χ3n) is 4.56. The van der Waals surface area contributed by atoms with Crippen LogP contribution in [-0.4, -0.2) is 49.2 Å². The molecule has 1 saturated heterocycles. The van der Waals surface area contributed by atoms with E-state index in [-0.39, 0.29) is 18.1 Å². The van der Waals surface area contributed by atoms with Gasteiger partial charge in [0.25, 0.3) is 5.91 Å². The van der Waals surface area contributed by atoms with Crippen molar-refractivity contribution < 1.29 is 13.9 Å². The first-order valence-electron chi connectivity index (χ1n) is 8.06. The van der Waals surface area contributed by atoms with Crippen LogP contribution in [0.15, 0.2) is 28.7 Å². The Labute approximate surface area is 136 Å². The highest BCUT2D eigenvalue weighted by molar-refractivity contribution is 6.05. The number of rotatable bonds is 4. The summed E-state index contributed by atoms with van der Waals surface area (Å²) in [5.41, 5.74) is 1.23. The minimum absolute atomic E-state index is 0.0128. The third-order valence-corrected chi connectivity index (χ3v) is 4.56. The summed E-state index contributed by atoms with van der Waals surface area (Å²) in [7, 11) is 1.70. The van der Waals surface area contributed by atoms with Crippen molar-refractivity contribution in [3.05, 3.63) is 35.6 Å². The van der Waals surface area contributed by atoms with E-state index in [1.807, 2.05) is 25.1 Å². The maximum atomic E-state index is 12.7. The number of hydrogen-bond acceptors (Lipinski definition) is 4. The van der Waals surface area contributed by atoms with Crippen molar-refractivity contribution in [1.82, 2.24) is 10.2 Å². The summed E-state index contributed by atoms with van der Waals surface area (Å²) in [6.07, 6.45) is 0.0129. The van der Waals surface area contributed by atoms with Crippen LogP contribution in [0.3, 0.4) is 0 Å². The molecule has 1 N–H and O–H groups in total. The van der Waals surface area contributed by atoms with Crippen LogP contribution < -0.4 is 5.32 Å². The molecular formula is C18H24N2O3. The van der Waals surface area contributed by atoms with Gasteiger partial charge in [-0.1, -0.05) is 12.1 Å². The number of hydrogen-bond donors (Lipinski definition) is 1. The van der Waals surface area contributed by atoms with Crippen LogP contribution in [0.2, 0.25) is 0 Å². The average molecular weight is 316 g/mol. The van der Waals surface area contributed by atoms with Crippen LogP contribution >= 0.6 is 0 Å². The van der Waals surface area contributed by atoms with E-state index in [1.54, 1.807) is 13.2 Å². The number of furan rings is 1. The van der Waals surface area contributed by atoms with Gasteiger partial charge in [0.15, 0.2) is 0 Å². The van der Waals surface area contributed by atoms with Gasteiger partial charge < -0.3 is 14.5 Å². The van der Waals surface area contributed by atoms with E-state index in [0.29, 0.717) is 17.2 Å². The number of benzene rings is 1. The van der Waals surface area contributed by atoms with Gasteiger partial charge in [0.2, 0.25) is 0 Å². The summed E-state index contributed by atoms with van der Waals surface area (Å²) in [6.45, 7) is 7.84. The molecule has 1 aliphatic rings. The molecule has 0 bridgehead atoms. The molecule has 3 rings (SSSR count). The number of fused-ring (bicyclic) bond motifs is 1. The zero-order valence-corrected chi connectivity index (χ0v) is 14.1. The summed E-state index contributed by atoms with van der Waals surface area (Å²) in [4.78, 5) is 15.0. The van der Waals surface area contributed by atoms with Crippen LogP contribution in [0.5, 0.6) is 0 Å². The summed E-state index contributed by atoms with van der Waals surface area (Å²) in [5.74, 6) is 0.699. The molecular weight excluding hydrogens is 292 g/mol. The smallest absolute Gasteiger partial charge is 0.255 e. The Balaban J connectivity index is 1.80. The summed E-state index contributed by atoms with van der Waals surface area (Å²) >= 11 is 0. The lowest BCUT2D eigenvalue weighted by atomic mass is 10.1. The van der Waals surface area contributed by atoms with E-state index in [2.05, 4.69) is 24.1 Å². The van der Waals surface area contributed by atoms with Crippen molar-refractivity contribution in [2.75, 3.05) is 20.2 Å². The van der Waals surface area contributed by atoms with Crippen molar-refractivity contribution in [1.29, 1.82) is 0 Å². The number of aryl methyl sites for hydroxylation is 1. The standard InChI is InChI=1S/C18H24N2O3/c1-11(2)20-9-15(16(10-20)22-4)19-18(21)14-7-5-6-13-8-12(3)23-17(13)14/h5-8,11,15-16H,9-10H2,1-4H3,(H,19,21)/t15-,16-/m1/s1. The Morgan fingerprint density at radius 1 is 1.39 bits per heavy atom. The molecule has 2 heterocycles. The van der Waals surface area contributed by atoms with E-state index in [9.17, 15) is 4.79 Å². The third kappa shape index (κ3) is 3.12. The van der Waals surface area contributed by atoms with Crippen LogP contribution in [0.4, 0.5) is 0 Å². The predicted molar refractivity (Wildman–Crippen MR) is 89.7 cm³/mol. The van der Waals surface area contributed by atoms with E-state index in [4.69, 9.17) is 9.15 Å². The number of nitrogens with zero attached hydrogens (tertiary/aromatic N) is 1. The second kappa shape index (κ2) is 6.34. The monoisotopic (exact) mass is 316 g/mol. The number of carbonyl (C=O) groups excluding carboxylic acids is 1. The predicted octanol–water partition coefficient (Wildman–Crippen LogP) is 2.58. The highest BCUT2D eigenvalue weighted by Gasteiger charge is 2.35.